The fraction of sp³-hybridized carbons (Fsp3) is 0.684. The highest BCUT2D eigenvalue weighted by Crippen LogP contribution is 2.42. The topological polar surface area (TPSA) is 35.2 Å². The summed E-state index contributed by atoms with van der Waals surface area (Å²) in [5.41, 5.74) is 8.94. The SMILES string of the molecule is Cc1ccccc1COC1(CN)CCC(C(C)(C)C)CC1. The first-order valence-electron chi connectivity index (χ1n) is 8.25. The van der Waals surface area contributed by atoms with Crippen molar-refractivity contribution in [1.82, 2.24) is 0 Å². The molecule has 0 spiro atoms. The van der Waals surface area contributed by atoms with Crippen LogP contribution in [0.1, 0.15) is 57.6 Å². The van der Waals surface area contributed by atoms with Crippen LogP contribution in [0.25, 0.3) is 0 Å². The van der Waals surface area contributed by atoms with E-state index < -0.39 is 0 Å². The molecular formula is C19H31NO. The molecule has 0 amide bonds. The van der Waals surface area contributed by atoms with E-state index in [-0.39, 0.29) is 5.60 Å². The fourth-order valence-corrected chi connectivity index (χ4v) is 3.42. The van der Waals surface area contributed by atoms with Crippen LogP contribution >= 0.6 is 0 Å². The highest BCUT2D eigenvalue weighted by Gasteiger charge is 2.38. The molecule has 1 saturated carbocycles. The summed E-state index contributed by atoms with van der Waals surface area (Å²) in [6.07, 6.45) is 4.65. The summed E-state index contributed by atoms with van der Waals surface area (Å²) >= 11 is 0. The molecule has 2 N–H and O–H groups in total. The Morgan fingerprint density at radius 2 is 1.81 bits per heavy atom. The maximum atomic E-state index is 6.32. The van der Waals surface area contributed by atoms with Gasteiger partial charge in [-0.1, -0.05) is 45.0 Å². The second-order valence-electron chi connectivity index (χ2n) is 7.74. The summed E-state index contributed by atoms with van der Waals surface area (Å²) in [4.78, 5) is 0. The smallest absolute Gasteiger partial charge is 0.0808 e. The summed E-state index contributed by atoms with van der Waals surface area (Å²) in [6.45, 7) is 10.5. The van der Waals surface area contributed by atoms with Gasteiger partial charge in [0.1, 0.15) is 0 Å². The molecule has 2 heteroatoms. The van der Waals surface area contributed by atoms with E-state index in [4.69, 9.17) is 10.5 Å². The lowest BCUT2D eigenvalue weighted by Crippen LogP contribution is -2.45. The van der Waals surface area contributed by atoms with Crippen molar-refractivity contribution < 1.29 is 4.74 Å². The van der Waals surface area contributed by atoms with Crippen molar-refractivity contribution in [3.05, 3.63) is 35.4 Å². The second kappa shape index (κ2) is 6.50. The number of aryl methyl sites for hydroxylation is 1. The van der Waals surface area contributed by atoms with Gasteiger partial charge >= 0.3 is 0 Å². The molecular weight excluding hydrogens is 258 g/mol. The summed E-state index contributed by atoms with van der Waals surface area (Å²) in [7, 11) is 0. The van der Waals surface area contributed by atoms with E-state index in [1.165, 1.54) is 24.0 Å². The standard InChI is InChI=1S/C19H31NO/c1-15-7-5-6-8-16(15)13-21-19(14-20)11-9-17(10-12-19)18(2,3)4/h5-8,17H,9-14,20H2,1-4H3. The lowest BCUT2D eigenvalue weighted by atomic mass is 9.68. The monoisotopic (exact) mass is 289 g/mol. The van der Waals surface area contributed by atoms with Crippen LogP contribution in [0.2, 0.25) is 0 Å². The second-order valence-corrected chi connectivity index (χ2v) is 7.74. The van der Waals surface area contributed by atoms with Crippen LogP contribution < -0.4 is 5.73 Å². The first-order valence-corrected chi connectivity index (χ1v) is 8.25. The molecule has 0 aliphatic heterocycles. The van der Waals surface area contributed by atoms with Crippen LogP contribution in [0.5, 0.6) is 0 Å². The van der Waals surface area contributed by atoms with E-state index in [9.17, 15) is 0 Å². The van der Waals surface area contributed by atoms with Crippen molar-refractivity contribution in [1.29, 1.82) is 0 Å². The van der Waals surface area contributed by atoms with Gasteiger partial charge in [0.25, 0.3) is 0 Å². The first-order chi connectivity index (χ1) is 9.86. The van der Waals surface area contributed by atoms with Gasteiger partial charge in [-0.2, -0.15) is 0 Å². The molecule has 21 heavy (non-hydrogen) atoms. The van der Waals surface area contributed by atoms with Gasteiger partial charge in [-0.25, -0.2) is 0 Å². The number of hydrogen-bond acceptors (Lipinski definition) is 2. The molecule has 0 atom stereocenters. The van der Waals surface area contributed by atoms with Crippen molar-refractivity contribution in [3.8, 4) is 0 Å². The van der Waals surface area contributed by atoms with Crippen molar-refractivity contribution in [2.45, 2.75) is 65.6 Å². The Balaban J connectivity index is 1.96. The normalized spacial score (nSPS) is 26.8. The molecule has 0 aromatic heterocycles. The van der Waals surface area contributed by atoms with Gasteiger partial charge in [-0.3, -0.25) is 0 Å². The largest absolute Gasteiger partial charge is 0.369 e. The third-order valence-corrected chi connectivity index (χ3v) is 5.29. The number of ether oxygens (including phenoxy) is 1. The van der Waals surface area contributed by atoms with Crippen LogP contribution in [0.15, 0.2) is 24.3 Å². The third kappa shape index (κ3) is 4.08. The summed E-state index contributed by atoms with van der Waals surface area (Å²) in [6, 6.07) is 8.45. The first kappa shape index (κ1) is 16.5. The Hall–Kier alpha value is -0.860. The van der Waals surface area contributed by atoms with Crippen molar-refractivity contribution in [2.75, 3.05) is 6.54 Å². The number of benzene rings is 1. The minimum Gasteiger partial charge on any atom is -0.369 e. The molecule has 1 aromatic rings. The van der Waals surface area contributed by atoms with Gasteiger partial charge < -0.3 is 10.5 Å². The predicted molar refractivity (Wildman–Crippen MR) is 89.2 cm³/mol. The van der Waals surface area contributed by atoms with Crippen LogP contribution in [-0.4, -0.2) is 12.1 Å². The Morgan fingerprint density at radius 1 is 1.19 bits per heavy atom. The predicted octanol–water partition coefficient (Wildman–Crippen LogP) is 4.45. The minimum atomic E-state index is -0.107. The van der Waals surface area contributed by atoms with Gasteiger partial charge in [0.15, 0.2) is 0 Å². The molecule has 0 unspecified atom stereocenters. The zero-order valence-electron chi connectivity index (χ0n) is 14.1. The zero-order valence-corrected chi connectivity index (χ0v) is 14.1. The summed E-state index contributed by atoms with van der Waals surface area (Å²) in [5.74, 6) is 0.791. The van der Waals surface area contributed by atoms with E-state index in [0.717, 1.165) is 18.8 Å². The molecule has 0 heterocycles. The average molecular weight is 289 g/mol. The Morgan fingerprint density at radius 3 is 2.33 bits per heavy atom. The van der Waals surface area contributed by atoms with Gasteiger partial charge in [-0.15, -0.1) is 0 Å². The van der Waals surface area contributed by atoms with Crippen LogP contribution in [0, 0.1) is 18.3 Å². The van der Waals surface area contributed by atoms with Gasteiger partial charge in [-0.05, 0) is 55.1 Å². The third-order valence-electron chi connectivity index (χ3n) is 5.29. The molecule has 0 radical (unpaired) electrons. The van der Waals surface area contributed by atoms with Gasteiger partial charge in [0, 0.05) is 6.54 Å². The van der Waals surface area contributed by atoms with Crippen LogP contribution in [0.3, 0.4) is 0 Å². The Bertz CT molecular complexity index is 453. The zero-order chi connectivity index (χ0) is 15.5. The highest BCUT2D eigenvalue weighted by molar-refractivity contribution is 5.24. The van der Waals surface area contributed by atoms with Crippen molar-refractivity contribution >= 4 is 0 Å². The quantitative estimate of drug-likeness (QED) is 0.889. The van der Waals surface area contributed by atoms with E-state index in [0.29, 0.717) is 18.6 Å². The van der Waals surface area contributed by atoms with E-state index >= 15 is 0 Å². The van der Waals surface area contributed by atoms with E-state index in [1.807, 2.05) is 0 Å². The molecule has 2 rings (SSSR count). The summed E-state index contributed by atoms with van der Waals surface area (Å²) in [5, 5.41) is 0. The van der Waals surface area contributed by atoms with E-state index in [2.05, 4.69) is 52.0 Å². The highest BCUT2D eigenvalue weighted by atomic mass is 16.5. The molecule has 1 aliphatic carbocycles. The molecule has 0 bridgehead atoms. The average Bonchev–Trinajstić information content (AvgIpc) is 2.46. The van der Waals surface area contributed by atoms with Crippen molar-refractivity contribution in [2.24, 2.45) is 17.1 Å². The van der Waals surface area contributed by atoms with Crippen molar-refractivity contribution in [3.63, 3.8) is 0 Å². The number of hydrogen-bond donors (Lipinski definition) is 1. The molecule has 0 saturated heterocycles. The lowest BCUT2D eigenvalue weighted by Gasteiger charge is -2.43. The summed E-state index contributed by atoms with van der Waals surface area (Å²) < 4.78 is 6.32. The minimum absolute atomic E-state index is 0.107. The van der Waals surface area contributed by atoms with Gasteiger partial charge in [0.2, 0.25) is 0 Å². The molecule has 118 valence electrons. The molecule has 2 nitrogen and oxygen atoms in total. The van der Waals surface area contributed by atoms with Crippen LogP contribution in [-0.2, 0) is 11.3 Å². The van der Waals surface area contributed by atoms with Gasteiger partial charge in [0.05, 0.1) is 12.2 Å². The van der Waals surface area contributed by atoms with E-state index in [1.54, 1.807) is 0 Å². The van der Waals surface area contributed by atoms with Crippen LogP contribution in [0.4, 0.5) is 0 Å². The fourth-order valence-electron chi connectivity index (χ4n) is 3.42. The molecule has 1 aliphatic rings. The molecule has 1 aromatic carbocycles. The molecule has 1 fully saturated rings. The Kier molecular flexibility index (Phi) is 5.11. The Labute approximate surface area is 130 Å². The maximum Gasteiger partial charge on any atom is 0.0808 e. The maximum absolute atomic E-state index is 6.32. The number of rotatable bonds is 4. The lowest BCUT2D eigenvalue weighted by molar-refractivity contribution is -0.0889. The number of nitrogens with two attached hydrogens (primary N) is 1.